The monoisotopic (exact) mass is 165 g/mol. The van der Waals surface area contributed by atoms with Crippen LogP contribution < -0.4 is 16.6 Å². The molecule has 0 aromatic heterocycles. The number of benzene rings is 1. The molecule has 0 aliphatic heterocycles. The van der Waals surface area contributed by atoms with Gasteiger partial charge in [-0.1, -0.05) is 18.2 Å². The number of rotatable bonds is 3. The van der Waals surface area contributed by atoms with E-state index in [9.17, 15) is 4.79 Å². The Kier molecular flexibility index (Phi) is 2.66. The van der Waals surface area contributed by atoms with Gasteiger partial charge in [-0.05, 0) is 12.1 Å². The molecular formula is C8H11N3O. The van der Waals surface area contributed by atoms with Crippen LogP contribution in [-0.4, -0.2) is 12.5 Å². The number of carbonyl (C=O) groups is 1. The van der Waals surface area contributed by atoms with Gasteiger partial charge in [0.25, 0.3) is 0 Å². The summed E-state index contributed by atoms with van der Waals surface area (Å²) in [5.74, 6) is 5.09. The van der Waals surface area contributed by atoms with E-state index in [0.29, 0.717) is 0 Å². The van der Waals surface area contributed by atoms with Crippen molar-refractivity contribution in [3.8, 4) is 0 Å². The number of hydrogen-bond acceptors (Lipinski definition) is 3. The van der Waals surface area contributed by atoms with Crippen LogP contribution in [0.15, 0.2) is 30.3 Å². The fourth-order valence-electron chi connectivity index (χ4n) is 0.879. The average Bonchev–Trinajstić information content (AvgIpc) is 2.05. The van der Waals surface area contributed by atoms with E-state index in [-0.39, 0.29) is 6.54 Å². The standard InChI is InChI=1S/C8H11N3O/c9-8(12)6-11(10)7-4-2-1-3-5-7/h1-5H,6,10H2,(H2,9,12). The van der Waals surface area contributed by atoms with Crippen molar-refractivity contribution in [1.82, 2.24) is 0 Å². The normalized spacial score (nSPS) is 9.42. The molecule has 0 atom stereocenters. The summed E-state index contributed by atoms with van der Waals surface area (Å²) in [5.41, 5.74) is 5.74. The molecule has 1 rings (SSSR count). The SMILES string of the molecule is NC(=O)CN(N)c1ccccc1. The fraction of sp³-hybridized carbons (Fsp3) is 0.125. The first-order valence-electron chi connectivity index (χ1n) is 3.56. The molecule has 64 valence electrons. The van der Waals surface area contributed by atoms with Gasteiger partial charge < -0.3 is 10.7 Å². The van der Waals surface area contributed by atoms with Gasteiger partial charge in [0.05, 0.1) is 5.69 Å². The van der Waals surface area contributed by atoms with E-state index in [0.717, 1.165) is 5.69 Å². The van der Waals surface area contributed by atoms with Gasteiger partial charge in [0.1, 0.15) is 6.54 Å². The summed E-state index contributed by atoms with van der Waals surface area (Å²) in [6.45, 7) is 0.0318. The number of nitrogens with two attached hydrogens (primary N) is 2. The second kappa shape index (κ2) is 3.73. The Labute approximate surface area is 70.7 Å². The molecule has 12 heavy (non-hydrogen) atoms. The molecule has 0 aliphatic rings. The minimum Gasteiger partial charge on any atom is -0.368 e. The highest BCUT2D eigenvalue weighted by Crippen LogP contribution is 2.07. The quantitative estimate of drug-likeness (QED) is 0.483. The van der Waals surface area contributed by atoms with Crippen LogP contribution in [0, 0.1) is 0 Å². The fourth-order valence-corrected chi connectivity index (χ4v) is 0.879. The third-order valence-corrected chi connectivity index (χ3v) is 1.41. The highest BCUT2D eigenvalue weighted by Gasteiger charge is 2.02. The third-order valence-electron chi connectivity index (χ3n) is 1.41. The van der Waals surface area contributed by atoms with E-state index in [1.807, 2.05) is 30.3 Å². The molecule has 0 saturated heterocycles. The van der Waals surface area contributed by atoms with Gasteiger partial charge in [-0.25, -0.2) is 5.84 Å². The molecule has 0 bridgehead atoms. The van der Waals surface area contributed by atoms with E-state index in [4.69, 9.17) is 11.6 Å². The topological polar surface area (TPSA) is 72.4 Å². The van der Waals surface area contributed by atoms with Gasteiger partial charge in [-0.3, -0.25) is 4.79 Å². The minimum atomic E-state index is -0.443. The molecular weight excluding hydrogens is 154 g/mol. The first kappa shape index (κ1) is 8.55. The summed E-state index contributed by atoms with van der Waals surface area (Å²) in [6.07, 6.45) is 0. The highest BCUT2D eigenvalue weighted by molar-refractivity contribution is 5.79. The Morgan fingerprint density at radius 1 is 1.33 bits per heavy atom. The van der Waals surface area contributed by atoms with Crippen LogP contribution in [0.4, 0.5) is 5.69 Å². The van der Waals surface area contributed by atoms with Crippen molar-refractivity contribution >= 4 is 11.6 Å². The number of hydrazine groups is 1. The molecule has 0 aliphatic carbocycles. The van der Waals surface area contributed by atoms with Crippen molar-refractivity contribution in [3.63, 3.8) is 0 Å². The van der Waals surface area contributed by atoms with Crippen molar-refractivity contribution in [1.29, 1.82) is 0 Å². The zero-order valence-corrected chi connectivity index (χ0v) is 6.60. The second-order valence-corrected chi connectivity index (χ2v) is 2.43. The van der Waals surface area contributed by atoms with Crippen LogP contribution in [0.3, 0.4) is 0 Å². The number of primary amides is 1. The Bertz CT molecular complexity index is 260. The highest BCUT2D eigenvalue weighted by atomic mass is 16.1. The van der Waals surface area contributed by atoms with Crippen molar-refractivity contribution < 1.29 is 4.79 Å². The number of carbonyl (C=O) groups excluding carboxylic acids is 1. The zero-order chi connectivity index (χ0) is 8.97. The molecule has 0 fully saturated rings. The number of hydrogen-bond donors (Lipinski definition) is 2. The Morgan fingerprint density at radius 2 is 1.92 bits per heavy atom. The molecule has 1 aromatic carbocycles. The Hall–Kier alpha value is -1.55. The van der Waals surface area contributed by atoms with Gasteiger partial charge in [0.15, 0.2) is 0 Å². The van der Waals surface area contributed by atoms with Gasteiger partial charge >= 0.3 is 0 Å². The predicted octanol–water partition coefficient (Wildman–Crippen LogP) is -0.148. The van der Waals surface area contributed by atoms with Crippen LogP contribution >= 0.6 is 0 Å². The van der Waals surface area contributed by atoms with Crippen LogP contribution in [0.25, 0.3) is 0 Å². The third kappa shape index (κ3) is 2.25. The molecule has 0 radical (unpaired) electrons. The van der Waals surface area contributed by atoms with Crippen molar-refractivity contribution in [2.45, 2.75) is 0 Å². The minimum absolute atomic E-state index is 0.0318. The zero-order valence-electron chi connectivity index (χ0n) is 6.60. The summed E-state index contributed by atoms with van der Waals surface area (Å²) < 4.78 is 0. The lowest BCUT2D eigenvalue weighted by atomic mass is 10.3. The van der Waals surface area contributed by atoms with Crippen molar-refractivity contribution in [3.05, 3.63) is 30.3 Å². The van der Waals surface area contributed by atoms with E-state index in [1.165, 1.54) is 5.01 Å². The van der Waals surface area contributed by atoms with Crippen molar-refractivity contribution in [2.24, 2.45) is 11.6 Å². The van der Waals surface area contributed by atoms with Crippen molar-refractivity contribution in [2.75, 3.05) is 11.6 Å². The van der Waals surface area contributed by atoms with E-state index >= 15 is 0 Å². The molecule has 4 N–H and O–H groups in total. The van der Waals surface area contributed by atoms with Gasteiger partial charge in [-0.15, -0.1) is 0 Å². The Morgan fingerprint density at radius 3 is 2.42 bits per heavy atom. The van der Waals surface area contributed by atoms with E-state index in [1.54, 1.807) is 0 Å². The average molecular weight is 165 g/mol. The van der Waals surface area contributed by atoms with E-state index in [2.05, 4.69) is 0 Å². The maximum Gasteiger partial charge on any atom is 0.238 e. The lowest BCUT2D eigenvalue weighted by Gasteiger charge is -2.15. The van der Waals surface area contributed by atoms with Gasteiger partial charge in [0.2, 0.25) is 5.91 Å². The van der Waals surface area contributed by atoms with Crippen LogP contribution in [0.1, 0.15) is 0 Å². The second-order valence-electron chi connectivity index (χ2n) is 2.43. The van der Waals surface area contributed by atoms with Crippen LogP contribution in [0.5, 0.6) is 0 Å². The molecule has 4 nitrogen and oxygen atoms in total. The summed E-state index contributed by atoms with van der Waals surface area (Å²) in [6, 6.07) is 9.18. The largest absolute Gasteiger partial charge is 0.368 e. The number of amides is 1. The molecule has 0 heterocycles. The molecule has 0 unspecified atom stereocenters. The lowest BCUT2D eigenvalue weighted by Crippen LogP contribution is -2.38. The number of anilines is 1. The molecule has 1 amide bonds. The molecule has 0 saturated carbocycles. The summed E-state index contributed by atoms with van der Waals surface area (Å²) in [5, 5.41) is 1.31. The van der Waals surface area contributed by atoms with Gasteiger partial charge in [-0.2, -0.15) is 0 Å². The maximum atomic E-state index is 10.5. The molecule has 0 spiro atoms. The maximum absolute atomic E-state index is 10.5. The van der Waals surface area contributed by atoms with Crippen LogP contribution in [-0.2, 0) is 4.79 Å². The molecule has 4 heteroatoms. The van der Waals surface area contributed by atoms with E-state index < -0.39 is 5.91 Å². The smallest absolute Gasteiger partial charge is 0.238 e. The summed E-state index contributed by atoms with van der Waals surface area (Å²) in [7, 11) is 0. The number of nitrogens with zero attached hydrogens (tertiary/aromatic N) is 1. The predicted molar refractivity (Wildman–Crippen MR) is 47.2 cm³/mol. The first-order valence-corrected chi connectivity index (χ1v) is 3.56. The first-order chi connectivity index (χ1) is 5.70. The number of para-hydroxylation sites is 1. The van der Waals surface area contributed by atoms with Crippen LogP contribution in [0.2, 0.25) is 0 Å². The summed E-state index contributed by atoms with van der Waals surface area (Å²) in [4.78, 5) is 10.5. The molecule has 1 aromatic rings. The summed E-state index contributed by atoms with van der Waals surface area (Å²) >= 11 is 0. The van der Waals surface area contributed by atoms with Gasteiger partial charge in [0, 0.05) is 0 Å². The Balaban J connectivity index is 2.65. The lowest BCUT2D eigenvalue weighted by molar-refractivity contribution is -0.116.